The standard InChI is InChI=1S/C25H24N6O3/c1-18(2)30(22-13-11-21(12-14-22)27-20-8-4-3-5-9-20)24(32)16-29-17-26-25(28-29)19-7-6-10-23(15-19)31(33)34/h3-15,17-18,27H,16H2,1-2H3. The van der Waals surface area contributed by atoms with Crippen LogP contribution in [0.3, 0.4) is 0 Å². The lowest BCUT2D eigenvalue weighted by Gasteiger charge is -2.27. The summed E-state index contributed by atoms with van der Waals surface area (Å²) in [6.07, 6.45) is 1.46. The lowest BCUT2D eigenvalue weighted by atomic mass is 10.2. The van der Waals surface area contributed by atoms with Crippen LogP contribution in [0.5, 0.6) is 0 Å². The van der Waals surface area contributed by atoms with Gasteiger partial charge in [0, 0.05) is 40.8 Å². The fourth-order valence-corrected chi connectivity index (χ4v) is 3.60. The summed E-state index contributed by atoms with van der Waals surface area (Å²) >= 11 is 0. The predicted molar refractivity (Wildman–Crippen MR) is 131 cm³/mol. The molecule has 0 aliphatic carbocycles. The molecule has 0 bridgehead atoms. The summed E-state index contributed by atoms with van der Waals surface area (Å²) < 4.78 is 1.44. The summed E-state index contributed by atoms with van der Waals surface area (Å²) in [5, 5.41) is 18.7. The number of anilines is 3. The number of hydrogen-bond donors (Lipinski definition) is 1. The minimum absolute atomic E-state index is 0.00980. The molecule has 34 heavy (non-hydrogen) atoms. The Kier molecular flexibility index (Phi) is 6.63. The maximum atomic E-state index is 13.2. The van der Waals surface area contributed by atoms with Gasteiger partial charge < -0.3 is 10.2 Å². The van der Waals surface area contributed by atoms with E-state index in [1.54, 1.807) is 17.0 Å². The number of non-ortho nitro benzene ring substituents is 1. The van der Waals surface area contributed by atoms with Gasteiger partial charge in [-0.3, -0.25) is 14.9 Å². The zero-order valence-electron chi connectivity index (χ0n) is 18.8. The number of para-hydroxylation sites is 1. The zero-order valence-corrected chi connectivity index (χ0v) is 18.8. The molecule has 0 radical (unpaired) electrons. The van der Waals surface area contributed by atoms with E-state index >= 15 is 0 Å². The van der Waals surface area contributed by atoms with Gasteiger partial charge in [-0.2, -0.15) is 5.10 Å². The van der Waals surface area contributed by atoms with Crippen molar-refractivity contribution in [2.24, 2.45) is 0 Å². The molecule has 0 unspecified atom stereocenters. The van der Waals surface area contributed by atoms with Crippen LogP contribution in [0.25, 0.3) is 11.4 Å². The number of carbonyl (C=O) groups is 1. The van der Waals surface area contributed by atoms with Gasteiger partial charge in [-0.1, -0.05) is 30.3 Å². The Hall–Kier alpha value is -4.53. The van der Waals surface area contributed by atoms with Crippen molar-refractivity contribution in [2.45, 2.75) is 26.4 Å². The van der Waals surface area contributed by atoms with Gasteiger partial charge in [0.25, 0.3) is 5.69 Å². The fraction of sp³-hybridized carbons (Fsp3) is 0.160. The highest BCUT2D eigenvalue weighted by Crippen LogP contribution is 2.24. The van der Waals surface area contributed by atoms with Gasteiger partial charge in [0.2, 0.25) is 5.91 Å². The first-order valence-corrected chi connectivity index (χ1v) is 10.8. The molecule has 0 saturated heterocycles. The minimum atomic E-state index is -0.467. The Morgan fingerprint density at radius 3 is 2.41 bits per heavy atom. The molecule has 0 atom stereocenters. The van der Waals surface area contributed by atoms with Crippen molar-refractivity contribution >= 4 is 28.7 Å². The van der Waals surface area contributed by atoms with Gasteiger partial charge in [-0.05, 0) is 50.2 Å². The smallest absolute Gasteiger partial charge is 0.270 e. The predicted octanol–water partition coefficient (Wildman–Crippen LogP) is 5.04. The Morgan fingerprint density at radius 1 is 1.03 bits per heavy atom. The Labute approximate surface area is 196 Å². The minimum Gasteiger partial charge on any atom is -0.356 e. The van der Waals surface area contributed by atoms with Gasteiger partial charge in [0.1, 0.15) is 12.9 Å². The average Bonchev–Trinajstić information content (AvgIpc) is 3.29. The zero-order chi connectivity index (χ0) is 24.1. The summed E-state index contributed by atoms with van der Waals surface area (Å²) in [7, 11) is 0. The summed E-state index contributed by atoms with van der Waals surface area (Å²) in [6, 6.07) is 23.5. The van der Waals surface area contributed by atoms with E-state index in [0.717, 1.165) is 17.1 Å². The van der Waals surface area contributed by atoms with Crippen molar-refractivity contribution < 1.29 is 9.72 Å². The first kappa shape index (κ1) is 22.7. The molecular formula is C25H24N6O3. The van der Waals surface area contributed by atoms with Crippen LogP contribution in [0.1, 0.15) is 13.8 Å². The molecule has 172 valence electrons. The second kappa shape index (κ2) is 9.95. The number of nitro groups is 1. The molecule has 0 aliphatic rings. The van der Waals surface area contributed by atoms with Gasteiger partial charge in [-0.15, -0.1) is 0 Å². The fourth-order valence-electron chi connectivity index (χ4n) is 3.60. The van der Waals surface area contributed by atoms with Crippen LogP contribution < -0.4 is 10.2 Å². The number of nitrogens with zero attached hydrogens (tertiary/aromatic N) is 5. The molecular weight excluding hydrogens is 432 g/mol. The average molecular weight is 457 g/mol. The third-order valence-electron chi connectivity index (χ3n) is 5.14. The second-order valence-corrected chi connectivity index (χ2v) is 7.97. The van der Waals surface area contributed by atoms with Gasteiger partial charge in [0.15, 0.2) is 5.82 Å². The Bertz CT molecular complexity index is 1290. The van der Waals surface area contributed by atoms with Crippen LogP contribution in [0, 0.1) is 10.1 Å². The number of aromatic nitrogens is 3. The van der Waals surface area contributed by atoms with E-state index in [-0.39, 0.29) is 24.2 Å². The molecule has 9 heteroatoms. The van der Waals surface area contributed by atoms with Gasteiger partial charge in [0.05, 0.1) is 4.92 Å². The van der Waals surface area contributed by atoms with E-state index in [4.69, 9.17) is 0 Å². The van der Waals surface area contributed by atoms with Crippen molar-refractivity contribution in [3.8, 4) is 11.4 Å². The highest BCUT2D eigenvalue weighted by Gasteiger charge is 2.20. The molecule has 1 aromatic heterocycles. The van der Waals surface area contributed by atoms with Crippen LogP contribution in [-0.4, -0.2) is 31.6 Å². The Morgan fingerprint density at radius 2 is 1.74 bits per heavy atom. The molecule has 3 aromatic carbocycles. The van der Waals surface area contributed by atoms with E-state index in [2.05, 4.69) is 15.4 Å². The molecule has 4 aromatic rings. The van der Waals surface area contributed by atoms with E-state index in [1.807, 2.05) is 68.4 Å². The van der Waals surface area contributed by atoms with Crippen LogP contribution in [0.15, 0.2) is 85.2 Å². The molecule has 1 amide bonds. The molecule has 0 spiro atoms. The normalized spacial score (nSPS) is 10.8. The largest absolute Gasteiger partial charge is 0.356 e. The van der Waals surface area contributed by atoms with E-state index in [1.165, 1.54) is 23.1 Å². The van der Waals surface area contributed by atoms with Gasteiger partial charge >= 0.3 is 0 Å². The maximum absolute atomic E-state index is 13.2. The molecule has 0 aliphatic heterocycles. The third kappa shape index (κ3) is 5.26. The number of hydrogen-bond acceptors (Lipinski definition) is 6. The van der Waals surface area contributed by atoms with Crippen molar-refractivity contribution in [3.63, 3.8) is 0 Å². The summed E-state index contributed by atoms with van der Waals surface area (Å²) in [6.45, 7) is 3.89. The molecule has 0 saturated carbocycles. The van der Waals surface area contributed by atoms with Crippen molar-refractivity contribution in [1.29, 1.82) is 0 Å². The highest BCUT2D eigenvalue weighted by atomic mass is 16.6. The highest BCUT2D eigenvalue weighted by molar-refractivity contribution is 5.93. The third-order valence-corrected chi connectivity index (χ3v) is 5.14. The summed E-state index contributed by atoms with van der Waals surface area (Å²) in [4.78, 5) is 29.6. The van der Waals surface area contributed by atoms with Crippen LogP contribution >= 0.6 is 0 Å². The van der Waals surface area contributed by atoms with E-state index in [9.17, 15) is 14.9 Å². The monoisotopic (exact) mass is 456 g/mol. The topological polar surface area (TPSA) is 106 Å². The SMILES string of the molecule is CC(C)N(C(=O)Cn1cnc(-c2cccc([N+](=O)[O-])c2)n1)c1ccc(Nc2ccccc2)cc1. The van der Waals surface area contributed by atoms with Crippen molar-refractivity contribution in [1.82, 2.24) is 14.8 Å². The number of benzene rings is 3. The molecule has 0 fully saturated rings. The van der Waals surface area contributed by atoms with Crippen molar-refractivity contribution in [2.75, 3.05) is 10.2 Å². The van der Waals surface area contributed by atoms with Crippen LogP contribution in [0.4, 0.5) is 22.7 Å². The van der Waals surface area contributed by atoms with E-state index in [0.29, 0.717) is 11.4 Å². The Balaban J connectivity index is 1.48. The second-order valence-electron chi connectivity index (χ2n) is 7.97. The number of rotatable bonds is 8. The van der Waals surface area contributed by atoms with Crippen LogP contribution in [0.2, 0.25) is 0 Å². The van der Waals surface area contributed by atoms with Crippen molar-refractivity contribution in [3.05, 3.63) is 95.3 Å². The molecule has 9 nitrogen and oxygen atoms in total. The van der Waals surface area contributed by atoms with Crippen LogP contribution in [-0.2, 0) is 11.3 Å². The lowest BCUT2D eigenvalue weighted by molar-refractivity contribution is -0.384. The molecule has 1 heterocycles. The first-order chi connectivity index (χ1) is 16.4. The maximum Gasteiger partial charge on any atom is 0.270 e. The number of nitrogens with one attached hydrogen (secondary N) is 1. The summed E-state index contributed by atoms with van der Waals surface area (Å²) in [5.41, 5.74) is 3.16. The summed E-state index contributed by atoms with van der Waals surface area (Å²) in [5.74, 6) is 0.179. The first-order valence-electron chi connectivity index (χ1n) is 10.8. The molecule has 1 N–H and O–H groups in total. The van der Waals surface area contributed by atoms with E-state index < -0.39 is 4.92 Å². The van der Waals surface area contributed by atoms with Gasteiger partial charge in [-0.25, -0.2) is 9.67 Å². The number of nitro benzene ring substituents is 1. The lowest BCUT2D eigenvalue weighted by Crippen LogP contribution is -2.39. The quantitative estimate of drug-likeness (QED) is 0.294. The molecule has 4 rings (SSSR count). The number of amides is 1. The number of carbonyl (C=O) groups excluding carboxylic acids is 1.